The maximum atomic E-state index is 11.7. The predicted molar refractivity (Wildman–Crippen MR) is 77.9 cm³/mol. The number of anilines is 1. The Morgan fingerprint density at radius 1 is 1.35 bits per heavy atom. The molecule has 0 amide bonds. The number of imidazole rings is 1. The zero-order valence-corrected chi connectivity index (χ0v) is 12.3. The summed E-state index contributed by atoms with van der Waals surface area (Å²) in [6.45, 7) is 3.44. The molecule has 0 unspecified atom stereocenters. The summed E-state index contributed by atoms with van der Waals surface area (Å²) in [6, 6.07) is 6.70. The van der Waals surface area contributed by atoms with Crippen LogP contribution in [0.5, 0.6) is 0 Å². The number of rotatable bonds is 6. The average Bonchev–Trinajstić information content (AvgIpc) is 2.93. The molecule has 2 rings (SSSR count). The van der Waals surface area contributed by atoms with Crippen molar-refractivity contribution in [2.24, 2.45) is 0 Å². The summed E-state index contributed by atoms with van der Waals surface area (Å²) in [5, 5.41) is 3.18. The van der Waals surface area contributed by atoms with Crippen molar-refractivity contribution in [2.75, 3.05) is 12.4 Å². The highest BCUT2D eigenvalue weighted by Crippen LogP contribution is 2.15. The first kappa shape index (κ1) is 14.5. The van der Waals surface area contributed by atoms with Crippen molar-refractivity contribution in [1.29, 1.82) is 0 Å². The van der Waals surface area contributed by atoms with Crippen molar-refractivity contribution in [1.82, 2.24) is 14.3 Å². The third kappa shape index (κ3) is 3.17. The quantitative estimate of drug-likeness (QED) is 0.845. The second-order valence-electron chi connectivity index (χ2n) is 4.22. The first-order valence-electron chi connectivity index (χ1n) is 6.34. The second kappa shape index (κ2) is 6.06. The van der Waals surface area contributed by atoms with Crippen molar-refractivity contribution in [2.45, 2.75) is 24.9 Å². The van der Waals surface area contributed by atoms with Crippen LogP contribution in [0.25, 0.3) is 0 Å². The van der Waals surface area contributed by atoms with Gasteiger partial charge in [0.15, 0.2) is 0 Å². The van der Waals surface area contributed by atoms with Crippen molar-refractivity contribution in [3.8, 4) is 0 Å². The highest BCUT2D eigenvalue weighted by molar-refractivity contribution is 7.89. The van der Waals surface area contributed by atoms with E-state index in [1.54, 1.807) is 24.4 Å². The van der Waals surface area contributed by atoms with Crippen LogP contribution >= 0.6 is 0 Å². The Kier molecular flexibility index (Phi) is 4.41. The minimum atomic E-state index is -3.42. The fraction of sp³-hybridized carbons (Fsp3) is 0.308. The van der Waals surface area contributed by atoms with E-state index in [-0.39, 0.29) is 4.90 Å². The van der Waals surface area contributed by atoms with E-state index in [1.807, 2.05) is 23.8 Å². The molecule has 0 fully saturated rings. The molecule has 1 aromatic heterocycles. The van der Waals surface area contributed by atoms with Gasteiger partial charge in [-0.3, -0.25) is 0 Å². The molecule has 0 bridgehead atoms. The molecule has 2 aromatic rings. The first-order valence-corrected chi connectivity index (χ1v) is 7.82. The van der Waals surface area contributed by atoms with Crippen molar-refractivity contribution in [3.05, 3.63) is 42.5 Å². The van der Waals surface area contributed by atoms with Crippen LogP contribution in [0.3, 0.4) is 0 Å². The predicted octanol–water partition coefficient (Wildman–Crippen LogP) is 1.42. The summed E-state index contributed by atoms with van der Waals surface area (Å²) < 4.78 is 27.8. The fourth-order valence-corrected chi connectivity index (χ4v) is 2.64. The molecule has 0 saturated heterocycles. The molecule has 0 aliphatic heterocycles. The number of sulfonamides is 1. The fourth-order valence-electron chi connectivity index (χ4n) is 1.87. The van der Waals surface area contributed by atoms with Gasteiger partial charge in [-0.2, -0.15) is 0 Å². The van der Waals surface area contributed by atoms with E-state index in [9.17, 15) is 8.42 Å². The largest absolute Gasteiger partial charge is 0.378 e. The van der Waals surface area contributed by atoms with Gasteiger partial charge in [-0.25, -0.2) is 18.1 Å². The lowest BCUT2D eigenvalue weighted by atomic mass is 10.3. The van der Waals surface area contributed by atoms with Crippen LogP contribution in [-0.2, 0) is 23.1 Å². The van der Waals surface area contributed by atoms with E-state index in [4.69, 9.17) is 0 Å². The van der Waals surface area contributed by atoms with Crippen LogP contribution in [0.15, 0.2) is 41.6 Å². The van der Waals surface area contributed by atoms with Gasteiger partial charge < -0.3 is 9.88 Å². The van der Waals surface area contributed by atoms with Crippen molar-refractivity contribution >= 4 is 15.7 Å². The monoisotopic (exact) mass is 294 g/mol. The molecule has 1 heterocycles. The number of aryl methyl sites for hydroxylation is 1. The van der Waals surface area contributed by atoms with E-state index in [1.165, 1.54) is 7.05 Å². The van der Waals surface area contributed by atoms with Gasteiger partial charge in [-0.05, 0) is 32.2 Å². The van der Waals surface area contributed by atoms with Crippen LogP contribution in [0, 0.1) is 0 Å². The Hall–Kier alpha value is -1.86. The molecule has 2 N–H and O–H groups in total. The van der Waals surface area contributed by atoms with Crippen LogP contribution in [-0.4, -0.2) is 25.0 Å². The van der Waals surface area contributed by atoms with Crippen molar-refractivity contribution < 1.29 is 8.42 Å². The molecule has 0 aliphatic carbocycles. The highest BCUT2D eigenvalue weighted by Gasteiger charge is 2.11. The van der Waals surface area contributed by atoms with Crippen LogP contribution in [0.2, 0.25) is 0 Å². The maximum Gasteiger partial charge on any atom is 0.240 e. The SMILES string of the molecule is CCn1ccnc1CNc1cccc(S(=O)(=O)NC)c1. The Bertz CT molecular complexity index is 679. The maximum absolute atomic E-state index is 11.7. The highest BCUT2D eigenvalue weighted by atomic mass is 32.2. The normalized spacial score (nSPS) is 11.5. The van der Waals surface area contributed by atoms with Crippen LogP contribution < -0.4 is 10.0 Å². The summed E-state index contributed by atoms with van der Waals surface area (Å²) in [4.78, 5) is 4.50. The minimum Gasteiger partial charge on any atom is -0.378 e. The Morgan fingerprint density at radius 2 is 2.15 bits per heavy atom. The summed E-state index contributed by atoms with van der Waals surface area (Å²) >= 11 is 0. The summed E-state index contributed by atoms with van der Waals surface area (Å²) in [5.74, 6) is 0.911. The summed E-state index contributed by atoms with van der Waals surface area (Å²) in [7, 11) is -2.02. The topological polar surface area (TPSA) is 76.0 Å². The summed E-state index contributed by atoms with van der Waals surface area (Å²) in [5.41, 5.74) is 0.743. The number of nitrogens with zero attached hydrogens (tertiary/aromatic N) is 2. The molecule has 6 nitrogen and oxygen atoms in total. The molecule has 0 aliphatic rings. The van der Waals surface area contributed by atoms with Gasteiger partial charge >= 0.3 is 0 Å². The molecule has 7 heteroatoms. The smallest absolute Gasteiger partial charge is 0.240 e. The third-order valence-corrected chi connectivity index (χ3v) is 4.42. The van der Waals surface area contributed by atoms with Gasteiger partial charge in [0.05, 0.1) is 11.4 Å². The standard InChI is InChI=1S/C13H18N4O2S/c1-3-17-8-7-15-13(17)10-16-11-5-4-6-12(9-11)20(18,19)14-2/h4-9,14,16H,3,10H2,1-2H3. The lowest BCUT2D eigenvalue weighted by Crippen LogP contribution is -2.18. The molecular formula is C13H18N4O2S. The second-order valence-corrected chi connectivity index (χ2v) is 6.10. The Labute approximate surface area is 118 Å². The zero-order valence-electron chi connectivity index (χ0n) is 11.5. The number of nitrogens with one attached hydrogen (secondary N) is 2. The number of hydrogen-bond donors (Lipinski definition) is 2. The van der Waals surface area contributed by atoms with E-state index in [2.05, 4.69) is 15.0 Å². The van der Waals surface area contributed by atoms with Crippen molar-refractivity contribution in [3.63, 3.8) is 0 Å². The van der Waals surface area contributed by atoms with Gasteiger partial charge in [0.1, 0.15) is 5.82 Å². The lowest BCUT2D eigenvalue weighted by Gasteiger charge is -2.09. The minimum absolute atomic E-state index is 0.240. The summed E-state index contributed by atoms with van der Waals surface area (Å²) in [6.07, 6.45) is 3.67. The molecule has 1 aromatic carbocycles. The first-order chi connectivity index (χ1) is 9.56. The number of aromatic nitrogens is 2. The number of hydrogen-bond acceptors (Lipinski definition) is 4. The van der Waals surface area contributed by atoms with Gasteiger partial charge in [-0.1, -0.05) is 6.07 Å². The average molecular weight is 294 g/mol. The van der Waals surface area contributed by atoms with Gasteiger partial charge in [0.25, 0.3) is 0 Å². The van der Waals surface area contributed by atoms with Crippen LogP contribution in [0.1, 0.15) is 12.7 Å². The van der Waals surface area contributed by atoms with Gasteiger partial charge in [-0.15, -0.1) is 0 Å². The molecule has 0 atom stereocenters. The Balaban J connectivity index is 2.13. The molecule has 0 spiro atoms. The third-order valence-electron chi connectivity index (χ3n) is 3.01. The van der Waals surface area contributed by atoms with E-state index >= 15 is 0 Å². The molecular weight excluding hydrogens is 276 g/mol. The Morgan fingerprint density at radius 3 is 2.85 bits per heavy atom. The lowest BCUT2D eigenvalue weighted by molar-refractivity contribution is 0.588. The van der Waals surface area contributed by atoms with Crippen LogP contribution in [0.4, 0.5) is 5.69 Å². The van der Waals surface area contributed by atoms with Gasteiger partial charge in [0.2, 0.25) is 10.0 Å². The molecule has 20 heavy (non-hydrogen) atoms. The molecule has 108 valence electrons. The molecule has 0 radical (unpaired) electrons. The van der Waals surface area contributed by atoms with E-state index < -0.39 is 10.0 Å². The number of benzene rings is 1. The van der Waals surface area contributed by atoms with Gasteiger partial charge in [0, 0.05) is 24.6 Å². The zero-order chi connectivity index (χ0) is 14.6. The van der Waals surface area contributed by atoms with E-state index in [0.29, 0.717) is 6.54 Å². The van der Waals surface area contributed by atoms with E-state index in [0.717, 1.165) is 18.1 Å². The molecule has 0 saturated carbocycles.